The molecule has 5 N–H and O–H groups in total. The van der Waals surface area contributed by atoms with E-state index in [4.69, 9.17) is 5.73 Å². The van der Waals surface area contributed by atoms with Gasteiger partial charge in [0.2, 0.25) is 0 Å². The molecule has 0 saturated carbocycles. The monoisotopic (exact) mass is 484 g/mol. The number of anilines is 1. The molecule has 0 aliphatic carbocycles. The molecule has 0 unspecified atom stereocenters. The Labute approximate surface area is 203 Å². The largest absolute Gasteiger partial charge is 0.417 e. The minimum absolute atomic E-state index is 0.0277. The number of rotatable bonds is 8. The van der Waals surface area contributed by atoms with Crippen LogP contribution in [0.3, 0.4) is 0 Å². The summed E-state index contributed by atoms with van der Waals surface area (Å²) in [7, 11) is 1.68. The smallest absolute Gasteiger partial charge is 0.384 e. The summed E-state index contributed by atoms with van der Waals surface area (Å²) in [6.45, 7) is 3.48. The molecule has 186 valence electrons. The molecule has 0 radical (unpaired) electrons. The molecule has 2 aliphatic rings. The van der Waals surface area contributed by atoms with E-state index in [2.05, 4.69) is 25.8 Å². The molecule has 0 bridgehead atoms. The number of nitrogens with zero attached hydrogens (tertiary/aromatic N) is 2. The standard InChI is InChI=1S/C26H31F3N6/c1-31-24(32-13-16-35-14-7-2-8-15-35)20(18-9-3-5-11-21(18)26(27,28)29)17-23(30)34-25-19-10-4-6-12-22(19)33-25/h3-6,9-12,17,31-32H,2,7-8,13-16,30H2,1H3,(H,33,34)/b23-17+,24-20-. The molecule has 35 heavy (non-hydrogen) atoms. The normalized spacial score (nSPS) is 18.3. The highest BCUT2D eigenvalue weighted by molar-refractivity contribution is 6.21. The number of piperidine rings is 1. The molecule has 0 amide bonds. The van der Waals surface area contributed by atoms with Crippen LogP contribution in [0, 0.1) is 0 Å². The summed E-state index contributed by atoms with van der Waals surface area (Å²) >= 11 is 0. The zero-order valence-corrected chi connectivity index (χ0v) is 19.8. The highest BCUT2D eigenvalue weighted by Crippen LogP contribution is 2.36. The van der Waals surface area contributed by atoms with Crippen molar-refractivity contribution in [2.45, 2.75) is 25.4 Å². The number of hydrogen-bond donors (Lipinski definition) is 4. The van der Waals surface area contributed by atoms with E-state index in [-0.39, 0.29) is 11.4 Å². The Morgan fingerprint density at radius 1 is 1.09 bits per heavy atom. The molecule has 0 spiro atoms. The first kappa shape index (κ1) is 24.7. The fraction of sp³-hybridized carbons (Fsp3) is 0.346. The van der Waals surface area contributed by atoms with Crippen LogP contribution in [0.4, 0.5) is 18.9 Å². The van der Waals surface area contributed by atoms with Gasteiger partial charge < -0.3 is 26.6 Å². The van der Waals surface area contributed by atoms with Crippen molar-refractivity contribution in [3.63, 3.8) is 0 Å². The lowest BCUT2D eigenvalue weighted by molar-refractivity contribution is -0.137. The molecular formula is C26H31F3N6. The van der Waals surface area contributed by atoms with Crippen LogP contribution < -0.4 is 21.7 Å². The van der Waals surface area contributed by atoms with Crippen LogP contribution >= 0.6 is 0 Å². The molecule has 1 fully saturated rings. The Bertz CT molecular complexity index is 1130. The summed E-state index contributed by atoms with van der Waals surface area (Å²) in [5.74, 6) is 1.14. The first-order valence-electron chi connectivity index (χ1n) is 11.8. The number of benzene rings is 2. The SMILES string of the molecule is CN/C(NCCN1CCCCC1)=C(\C=C(/N)N=C1Nc2ccccc21)c1ccccc1C(F)(F)F. The molecular weight excluding hydrogens is 453 g/mol. The Balaban J connectivity index is 1.67. The minimum atomic E-state index is -4.52. The van der Waals surface area contributed by atoms with Crippen LogP contribution in [0.2, 0.25) is 0 Å². The molecule has 2 aromatic carbocycles. The molecule has 4 rings (SSSR count). The second kappa shape index (κ2) is 10.9. The number of alkyl halides is 3. The van der Waals surface area contributed by atoms with Gasteiger partial charge in [0, 0.05) is 31.3 Å². The van der Waals surface area contributed by atoms with Crippen LogP contribution in [0.5, 0.6) is 0 Å². The topological polar surface area (TPSA) is 77.7 Å². The summed E-state index contributed by atoms with van der Waals surface area (Å²) < 4.78 is 41.7. The number of nitrogens with one attached hydrogen (secondary N) is 3. The number of nitrogens with two attached hydrogens (primary N) is 1. The van der Waals surface area contributed by atoms with E-state index in [0.29, 0.717) is 23.8 Å². The number of hydrogen-bond acceptors (Lipinski definition) is 5. The fourth-order valence-corrected chi connectivity index (χ4v) is 4.42. The quantitative estimate of drug-likeness (QED) is 0.420. The van der Waals surface area contributed by atoms with Gasteiger partial charge in [-0.3, -0.25) is 0 Å². The van der Waals surface area contributed by atoms with Crippen molar-refractivity contribution < 1.29 is 13.2 Å². The highest BCUT2D eigenvalue weighted by atomic mass is 19.4. The summed E-state index contributed by atoms with van der Waals surface area (Å²) in [4.78, 5) is 6.78. The molecule has 0 aromatic heterocycles. The first-order valence-corrected chi connectivity index (χ1v) is 11.8. The number of halogens is 3. The summed E-state index contributed by atoms with van der Waals surface area (Å²) in [5.41, 5.74) is 7.68. The van der Waals surface area contributed by atoms with E-state index in [1.54, 1.807) is 13.1 Å². The zero-order valence-electron chi connectivity index (χ0n) is 19.8. The Hall–Kier alpha value is -3.46. The number of allylic oxidation sites excluding steroid dienone is 2. The Morgan fingerprint density at radius 3 is 2.51 bits per heavy atom. The van der Waals surface area contributed by atoms with Crippen LogP contribution in [-0.4, -0.2) is 44.0 Å². The predicted octanol–water partition coefficient (Wildman–Crippen LogP) is 4.34. The zero-order chi connectivity index (χ0) is 24.8. The van der Waals surface area contributed by atoms with Crippen LogP contribution in [0.25, 0.3) is 5.57 Å². The van der Waals surface area contributed by atoms with Crippen molar-refractivity contribution in [2.75, 3.05) is 38.5 Å². The number of para-hydroxylation sites is 1. The van der Waals surface area contributed by atoms with Gasteiger partial charge in [-0.05, 0) is 55.8 Å². The van der Waals surface area contributed by atoms with Gasteiger partial charge in [0.15, 0.2) is 0 Å². The van der Waals surface area contributed by atoms with E-state index in [1.807, 2.05) is 24.3 Å². The van der Waals surface area contributed by atoms with E-state index < -0.39 is 11.7 Å². The highest BCUT2D eigenvalue weighted by Gasteiger charge is 2.34. The second-order valence-electron chi connectivity index (χ2n) is 8.61. The molecule has 2 heterocycles. The average Bonchev–Trinajstić information content (AvgIpc) is 2.84. The summed E-state index contributed by atoms with van der Waals surface area (Å²) in [6.07, 6.45) is 0.568. The number of fused-ring (bicyclic) bond motifs is 1. The first-order chi connectivity index (χ1) is 16.9. The van der Waals surface area contributed by atoms with Crippen LogP contribution in [0.15, 0.2) is 71.2 Å². The molecule has 1 saturated heterocycles. The number of likely N-dealkylation sites (tertiary alicyclic amines) is 1. The predicted molar refractivity (Wildman–Crippen MR) is 135 cm³/mol. The van der Waals surface area contributed by atoms with E-state index >= 15 is 0 Å². The van der Waals surface area contributed by atoms with Gasteiger partial charge in [0.1, 0.15) is 17.5 Å². The Kier molecular flexibility index (Phi) is 7.65. The van der Waals surface area contributed by atoms with Gasteiger partial charge in [0.05, 0.1) is 11.3 Å². The average molecular weight is 485 g/mol. The van der Waals surface area contributed by atoms with Crippen LogP contribution in [-0.2, 0) is 6.18 Å². The van der Waals surface area contributed by atoms with Crippen molar-refractivity contribution in [3.8, 4) is 0 Å². The van der Waals surface area contributed by atoms with Crippen molar-refractivity contribution in [1.29, 1.82) is 0 Å². The number of amidine groups is 1. The molecule has 9 heteroatoms. The van der Waals surface area contributed by atoms with E-state index in [0.717, 1.165) is 37.0 Å². The summed E-state index contributed by atoms with van der Waals surface area (Å²) in [5, 5.41) is 9.44. The minimum Gasteiger partial charge on any atom is -0.384 e. The molecule has 2 aliphatic heterocycles. The van der Waals surface area contributed by atoms with Gasteiger partial charge in [-0.1, -0.05) is 36.8 Å². The molecule has 2 aromatic rings. The van der Waals surface area contributed by atoms with Gasteiger partial charge in [-0.2, -0.15) is 13.2 Å². The van der Waals surface area contributed by atoms with Gasteiger partial charge in [-0.25, -0.2) is 4.99 Å². The van der Waals surface area contributed by atoms with Crippen molar-refractivity contribution in [3.05, 3.63) is 82.9 Å². The van der Waals surface area contributed by atoms with Crippen molar-refractivity contribution >= 4 is 17.1 Å². The maximum Gasteiger partial charge on any atom is 0.417 e. The Morgan fingerprint density at radius 2 is 1.80 bits per heavy atom. The number of aliphatic imine (C=N–C) groups is 1. The van der Waals surface area contributed by atoms with Gasteiger partial charge in [-0.15, -0.1) is 0 Å². The third kappa shape index (κ3) is 5.97. The lowest BCUT2D eigenvalue weighted by Gasteiger charge is -2.27. The van der Waals surface area contributed by atoms with Crippen molar-refractivity contribution in [1.82, 2.24) is 15.5 Å². The lowest BCUT2D eigenvalue weighted by Crippen LogP contribution is -2.37. The van der Waals surface area contributed by atoms with Crippen molar-refractivity contribution in [2.24, 2.45) is 10.7 Å². The van der Waals surface area contributed by atoms with Gasteiger partial charge >= 0.3 is 6.18 Å². The molecule has 0 atom stereocenters. The maximum absolute atomic E-state index is 13.9. The maximum atomic E-state index is 13.9. The fourth-order valence-electron chi connectivity index (χ4n) is 4.42. The lowest BCUT2D eigenvalue weighted by atomic mass is 9.98. The van der Waals surface area contributed by atoms with Crippen LogP contribution in [0.1, 0.15) is 36.0 Å². The summed E-state index contributed by atoms with van der Waals surface area (Å²) in [6, 6.07) is 13.1. The van der Waals surface area contributed by atoms with Gasteiger partial charge in [0.25, 0.3) is 0 Å². The van der Waals surface area contributed by atoms with E-state index in [9.17, 15) is 13.2 Å². The second-order valence-corrected chi connectivity index (χ2v) is 8.61. The third-order valence-electron chi connectivity index (χ3n) is 6.19. The third-order valence-corrected chi connectivity index (χ3v) is 6.19. The van der Waals surface area contributed by atoms with E-state index in [1.165, 1.54) is 37.5 Å². The molecule has 6 nitrogen and oxygen atoms in total.